The van der Waals surface area contributed by atoms with Crippen molar-refractivity contribution in [3.63, 3.8) is 0 Å². The fraction of sp³-hybridized carbons (Fsp3) is 0.143. The number of ether oxygens (including phenoxy) is 1. The molecule has 0 saturated carbocycles. The normalized spacial score (nSPS) is 11.1. The van der Waals surface area contributed by atoms with Gasteiger partial charge in [-0.15, -0.1) is 13.2 Å². The highest BCUT2D eigenvalue weighted by molar-refractivity contribution is 5.92. The highest BCUT2D eigenvalue weighted by Gasteiger charge is 2.31. The van der Waals surface area contributed by atoms with E-state index >= 15 is 0 Å². The minimum atomic E-state index is -4.77. The van der Waals surface area contributed by atoms with Gasteiger partial charge in [-0.25, -0.2) is 0 Å². The zero-order valence-electron chi connectivity index (χ0n) is 15.0. The monoisotopic (exact) mass is 386 g/mol. The molecule has 1 amide bonds. The summed E-state index contributed by atoms with van der Waals surface area (Å²) in [6.45, 7) is 1.91. The van der Waals surface area contributed by atoms with Crippen molar-refractivity contribution < 1.29 is 22.7 Å². The van der Waals surface area contributed by atoms with Gasteiger partial charge in [0, 0.05) is 17.6 Å². The Morgan fingerprint density at radius 2 is 1.79 bits per heavy atom. The van der Waals surface area contributed by atoms with Crippen LogP contribution in [0.3, 0.4) is 0 Å². The quantitative estimate of drug-likeness (QED) is 0.661. The van der Waals surface area contributed by atoms with Crippen molar-refractivity contribution in [3.05, 3.63) is 78.1 Å². The number of nitrogens with zero attached hydrogens (tertiary/aromatic N) is 1. The van der Waals surface area contributed by atoms with Crippen LogP contribution in [0.15, 0.2) is 66.9 Å². The topological polar surface area (TPSA) is 51.2 Å². The molecular formula is C21H17F3N2O2. The van der Waals surface area contributed by atoms with Gasteiger partial charge in [-0.3, -0.25) is 9.78 Å². The lowest BCUT2D eigenvalue weighted by atomic mass is 10.1. The van der Waals surface area contributed by atoms with E-state index < -0.39 is 6.36 Å². The summed E-state index contributed by atoms with van der Waals surface area (Å²) in [5.74, 6) is -0.688. The van der Waals surface area contributed by atoms with Crippen LogP contribution in [0, 0.1) is 6.92 Å². The summed E-state index contributed by atoms with van der Waals surface area (Å²) in [5, 5.41) is 2.73. The van der Waals surface area contributed by atoms with Gasteiger partial charge < -0.3 is 10.1 Å². The van der Waals surface area contributed by atoms with Crippen molar-refractivity contribution in [1.82, 2.24) is 4.98 Å². The Labute approximate surface area is 160 Å². The van der Waals surface area contributed by atoms with E-state index in [0.717, 1.165) is 16.8 Å². The average Bonchev–Trinajstić information content (AvgIpc) is 2.61. The largest absolute Gasteiger partial charge is 0.573 e. The molecule has 1 heterocycles. The summed E-state index contributed by atoms with van der Waals surface area (Å²) in [4.78, 5) is 16.4. The number of anilines is 1. The summed E-state index contributed by atoms with van der Waals surface area (Å²) in [5.41, 5.74) is 3.93. The summed E-state index contributed by atoms with van der Waals surface area (Å²) in [6.07, 6.45) is -3.10. The molecule has 1 N–H and O–H groups in total. The summed E-state index contributed by atoms with van der Waals surface area (Å²) < 4.78 is 40.8. The van der Waals surface area contributed by atoms with Gasteiger partial charge >= 0.3 is 6.36 Å². The molecule has 2 aromatic carbocycles. The molecule has 0 bridgehead atoms. The second kappa shape index (κ2) is 8.12. The van der Waals surface area contributed by atoms with Crippen molar-refractivity contribution in [1.29, 1.82) is 0 Å². The molecule has 0 fully saturated rings. The van der Waals surface area contributed by atoms with E-state index in [1.54, 1.807) is 24.4 Å². The van der Waals surface area contributed by atoms with Crippen LogP contribution >= 0.6 is 0 Å². The maximum absolute atomic E-state index is 12.3. The van der Waals surface area contributed by atoms with Crippen molar-refractivity contribution in [2.24, 2.45) is 0 Å². The maximum atomic E-state index is 12.3. The van der Waals surface area contributed by atoms with Gasteiger partial charge in [0.2, 0.25) is 5.91 Å². The Hall–Kier alpha value is -3.35. The number of hydrogen-bond acceptors (Lipinski definition) is 3. The molecule has 1 aromatic heterocycles. The third kappa shape index (κ3) is 5.57. The van der Waals surface area contributed by atoms with Crippen LogP contribution in [0.2, 0.25) is 0 Å². The van der Waals surface area contributed by atoms with Crippen LogP contribution in [0.25, 0.3) is 11.1 Å². The number of aromatic nitrogens is 1. The first kappa shape index (κ1) is 19.4. The van der Waals surface area contributed by atoms with Crippen molar-refractivity contribution in [3.8, 4) is 16.9 Å². The molecule has 0 aliphatic rings. The fourth-order valence-electron chi connectivity index (χ4n) is 2.71. The fourth-order valence-corrected chi connectivity index (χ4v) is 2.71. The third-order valence-corrected chi connectivity index (χ3v) is 3.90. The lowest BCUT2D eigenvalue weighted by molar-refractivity contribution is -0.274. The molecule has 7 heteroatoms. The van der Waals surface area contributed by atoms with Crippen molar-refractivity contribution >= 4 is 11.6 Å². The second-order valence-electron chi connectivity index (χ2n) is 6.18. The zero-order chi connectivity index (χ0) is 20.1. The van der Waals surface area contributed by atoms with Crippen molar-refractivity contribution in [2.45, 2.75) is 19.7 Å². The first-order valence-corrected chi connectivity index (χ1v) is 8.46. The van der Waals surface area contributed by atoms with Gasteiger partial charge in [-0.2, -0.15) is 0 Å². The Bertz CT molecular complexity index is 970. The summed E-state index contributed by atoms with van der Waals surface area (Å²) in [7, 11) is 0. The molecule has 3 aromatic rings. The number of rotatable bonds is 5. The third-order valence-electron chi connectivity index (χ3n) is 3.90. The molecule has 0 saturated heterocycles. The first-order valence-electron chi connectivity index (χ1n) is 8.46. The number of alkyl halides is 3. The van der Waals surface area contributed by atoms with Crippen molar-refractivity contribution in [2.75, 3.05) is 5.32 Å². The second-order valence-corrected chi connectivity index (χ2v) is 6.18. The molecule has 0 unspecified atom stereocenters. The number of amides is 1. The molecule has 3 rings (SSSR count). The smallest absolute Gasteiger partial charge is 0.406 e. The van der Waals surface area contributed by atoms with Gasteiger partial charge in [-0.1, -0.05) is 24.3 Å². The predicted octanol–water partition coefficient (Wildman–Crippen LogP) is 5.14. The molecule has 0 atom stereocenters. The highest BCUT2D eigenvalue weighted by Crippen LogP contribution is 2.24. The Morgan fingerprint density at radius 3 is 2.46 bits per heavy atom. The van der Waals surface area contributed by atoms with Crippen LogP contribution < -0.4 is 10.1 Å². The number of carbonyl (C=O) groups is 1. The number of pyridine rings is 1. The van der Waals surface area contributed by atoms with E-state index in [0.29, 0.717) is 11.3 Å². The molecule has 0 spiro atoms. The molecule has 0 aliphatic carbocycles. The van der Waals surface area contributed by atoms with Gasteiger partial charge in [0.1, 0.15) is 5.75 Å². The number of nitrogens with one attached hydrogen (secondary N) is 1. The van der Waals surface area contributed by atoms with E-state index in [-0.39, 0.29) is 18.1 Å². The minimum absolute atomic E-state index is 0.0691. The number of halogens is 3. The predicted molar refractivity (Wildman–Crippen MR) is 99.9 cm³/mol. The minimum Gasteiger partial charge on any atom is -0.406 e. The van der Waals surface area contributed by atoms with E-state index in [4.69, 9.17) is 0 Å². The number of hydrogen-bond donors (Lipinski definition) is 1. The average molecular weight is 386 g/mol. The van der Waals surface area contributed by atoms with Crippen LogP contribution in [-0.2, 0) is 11.2 Å². The molecule has 0 aliphatic heterocycles. The van der Waals surface area contributed by atoms with Gasteiger partial charge in [0.05, 0.1) is 6.42 Å². The molecule has 4 nitrogen and oxygen atoms in total. The van der Waals surface area contributed by atoms with Gasteiger partial charge in [0.15, 0.2) is 0 Å². The first-order chi connectivity index (χ1) is 13.3. The van der Waals surface area contributed by atoms with Gasteiger partial charge in [-0.05, 0) is 60.0 Å². The molecule has 28 heavy (non-hydrogen) atoms. The van der Waals surface area contributed by atoms with Gasteiger partial charge in [0.25, 0.3) is 0 Å². The molecule has 0 radical (unpaired) electrons. The summed E-state index contributed by atoms with van der Waals surface area (Å²) >= 11 is 0. The number of benzene rings is 2. The highest BCUT2D eigenvalue weighted by atomic mass is 19.4. The Kier molecular flexibility index (Phi) is 5.63. The van der Waals surface area contributed by atoms with E-state index in [2.05, 4.69) is 15.0 Å². The zero-order valence-corrected chi connectivity index (χ0v) is 15.0. The maximum Gasteiger partial charge on any atom is 0.573 e. The van der Waals surface area contributed by atoms with Crippen LogP contribution in [0.5, 0.6) is 5.75 Å². The molecule has 144 valence electrons. The lowest BCUT2D eigenvalue weighted by Gasteiger charge is -2.10. The molecular weight excluding hydrogens is 369 g/mol. The summed E-state index contributed by atoms with van der Waals surface area (Å²) in [6, 6.07) is 16.5. The Balaban J connectivity index is 1.63. The van der Waals surface area contributed by atoms with Crippen LogP contribution in [0.4, 0.5) is 18.9 Å². The van der Waals surface area contributed by atoms with Crippen LogP contribution in [-0.4, -0.2) is 17.3 Å². The van der Waals surface area contributed by atoms with E-state index in [1.165, 1.54) is 18.2 Å². The number of aryl methyl sites for hydroxylation is 1. The van der Waals surface area contributed by atoms with E-state index in [1.807, 2.05) is 31.2 Å². The standard InChI is InChI=1S/C21H17F3N2O2/c1-14-11-17(9-10-25-14)16-5-7-18(8-6-16)26-20(27)13-15-3-2-4-19(12-15)28-21(22,23)24/h2-12H,13H2,1H3,(H,26,27). The number of carbonyl (C=O) groups excluding carboxylic acids is 1. The van der Waals surface area contributed by atoms with E-state index in [9.17, 15) is 18.0 Å². The SMILES string of the molecule is Cc1cc(-c2ccc(NC(=O)Cc3cccc(OC(F)(F)F)c3)cc2)ccn1. The Morgan fingerprint density at radius 1 is 1.04 bits per heavy atom. The van der Waals surface area contributed by atoms with Crippen LogP contribution in [0.1, 0.15) is 11.3 Å². The lowest BCUT2D eigenvalue weighted by Crippen LogP contribution is -2.17.